The molecule has 144 valence electrons. The second-order valence-electron chi connectivity index (χ2n) is 7.37. The van der Waals surface area contributed by atoms with Crippen molar-refractivity contribution >= 4 is 11.9 Å². The van der Waals surface area contributed by atoms with Gasteiger partial charge in [-0.1, -0.05) is 26.0 Å². The van der Waals surface area contributed by atoms with Crippen molar-refractivity contribution in [2.24, 2.45) is 22.6 Å². The molecule has 1 aromatic carbocycles. The number of hydrogen-bond acceptors (Lipinski definition) is 3. The first kappa shape index (κ1) is 20.1. The van der Waals surface area contributed by atoms with Crippen molar-refractivity contribution in [3.05, 3.63) is 29.8 Å². The van der Waals surface area contributed by atoms with Gasteiger partial charge in [-0.15, -0.1) is 0 Å². The molecule has 0 radical (unpaired) electrons. The van der Waals surface area contributed by atoms with Crippen LogP contribution in [0.2, 0.25) is 0 Å². The first-order valence-corrected chi connectivity index (χ1v) is 9.43. The number of rotatable bonds is 7. The summed E-state index contributed by atoms with van der Waals surface area (Å²) in [6.07, 6.45) is 2.56. The van der Waals surface area contributed by atoms with E-state index in [1.54, 1.807) is 7.05 Å². The van der Waals surface area contributed by atoms with Crippen LogP contribution in [0.1, 0.15) is 38.7 Å². The minimum Gasteiger partial charge on any atom is -0.493 e. The van der Waals surface area contributed by atoms with Gasteiger partial charge in [0.15, 0.2) is 5.96 Å². The van der Waals surface area contributed by atoms with Gasteiger partial charge in [0.05, 0.1) is 6.61 Å². The second kappa shape index (κ2) is 10.0. The van der Waals surface area contributed by atoms with Gasteiger partial charge in [0.1, 0.15) is 5.75 Å². The molecule has 26 heavy (non-hydrogen) atoms. The lowest BCUT2D eigenvalue weighted by Crippen LogP contribution is -2.46. The predicted molar refractivity (Wildman–Crippen MR) is 105 cm³/mol. The fraction of sp³-hybridized carbons (Fsp3) is 0.600. The number of amides is 1. The van der Waals surface area contributed by atoms with Gasteiger partial charge in [-0.3, -0.25) is 9.79 Å². The van der Waals surface area contributed by atoms with Gasteiger partial charge in [0, 0.05) is 33.1 Å². The quantitative estimate of drug-likeness (QED) is 0.578. The number of ether oxygens (including phenoxy) is 1. The van der Waals surface area contributed by atoms with Crippen LogP contribution in [0.15, 0.2) is 29.3 Å². The minimum atomic E-state index is -0.223. The van der Waals surface area contributed by atoms with E-state index in [0.717, 1.165) is 44.2 Å². The van der Waals surface area contributed by atoms with Gasteiger partial charge >= 0.3 is 0 Å². The molecule has 1 saturated heterocycles. The molecule has 1 aliphatic rings. The van der Waals surface area contributed by atoms with Crippen molar-refractivity contribution < 1.29 is 9.53 Å². The highest BCUT2D eigenvalue weighted by Crippen LogP contribution is 2.19. The van der Waals surface area contributed by atoms with Crippen molar-refractivity contribution in [2.45, 2.75) is 39.7 Å². The van der Waals surface area contributed by atoms with Crippen LogP contribution in [0, 0.1) is 11.8 Å². The molecule has 0 aromatic heterocycles. The summed E-state index contributed by atoms with van der Waals surface area (Å²) in [5, 5.41) is 3.42. The molecular formula is C20H32N4O2. The zero-order valence-electron chi connectivity index (χ0n) is 16.2. The van der Waals surface area contributed by atoms with Crippen molar-refractivity contribution in [3.8, 4) is 5.75 Å². The summed E-state index contributed by atoms with van der Waals surface area (Å²) in [5.74, 6) is 2.39. The zero-order chi connectivity index (χ0) is 18.9. The summed E-state index contributed by atoms with van der Waals surface area (Å²) in [5.41, 5.74) is 6.52. The number of carbonyl (C=O) groups is 1. The van der Waals surface area contributed by atoms with E-state index < -0.39 is 0 Å². The lowest BCUT2D eigenvalue weighted by molar-refractivity contribution is -0.119. The Hall–Kier alpha value is -2.24. The van der Waals surface area contributed by atoms with E-state index in [-0.39, 0.29) is 5.91 Å². The first-order valence-electron chi connectivity index (χ1n) is 9.43. The largest absolute Gasteiger partial charge is 0.493 e. The first-order chi connectivity index (χ1) is 12.5. The molecule has 0 spiro atoms. The Bertz CT molecular complexity index is 598. The van der Waals surface area contributed by atoms with Gasteiger partial charge in [-0.05, 0) is 42.4 Å². The highest BCUT2D eigenvalue weighted by atomic mass is 16.5. The van der Waals surface area contributed by atoms with Crippen LogP contribution in [0.3, 0.4) is 0 Å². The zero-order valence-corrected chi connectivity index (χ0v) is 16.2. The lowest BCUT2D eigenvalue weighted by Gasteiger charge is -2.34. The molecule has 0 saturated carbocycles. The Morgan fingerprint density at radius 3 is 2.73 bits per heavy atom. The van der Waals surface area contributed by atoms with Gasteiger partial charge in [0.25, 0.3) is 0 Å². The van der Waals surface area contributed by atoms with Crippen LogP contribution in [0.5, 0.6) is 5.75 Å². The van der Waals surface area contributed by atoms with E-state index in [2.05, 4.69) is 41.2 Å². The Kier molecular flexibility index (Phi) is 7.75. The van der Waals surface area contributed by atoms with E-state index in [1.807, 2.05) is 12.1 Å². The fourth-order valence-electron chi connectivity index (χ4n) is 3.19. The van der Waals surface area contributed by atoms with Gasteiger partial charge in [-0.2, -0.15) is 0 Å². The molecule has 1 heterocycles. The second-order valence-corrected chi connectivity index (χ2v) is 7.37. The van der Waals surface area contributed by atoms with Crippen molar-refractivity contribution in [3.63, 3.8) is 0 Å². The number of guanidine groups is 1. The number of hydrogen-bond donors (Lipinski definition) is 2. The number of nitrogens with two attached hydrogens (primary N) is 1. The maximum absolute atomic E-state index is 11.2. The fourth-order valence-corrected chi connectivity index (χ4v) is 3.19. The number of benzene rings is 1. The standard InChI is InChI=1S/C20H32N4O2/c1-15(2)14-26-18-8-6-16(7-9-18)12-23-20(22-3)24-10-4-5-17(13-24)11-19(21)25/h6-9,15,17H,4-5,10-14H2,1-3H3,(H2,21,25)(H,22,23). The lowest BCUT2D eigenvalue weighted by atomic mass is 9.95. The Balaban J connectivity index is 1.85. The SMILES string of the molecule is CN=C(NCc1ccc(OCC(C)C)cc1)N1CCCC(CC(N)=O)C1. The number of primary amides is 1. The van der Waals surface area contributed by atoms with E-state index >= 15 is 0 Å². The molecule has 0 aliphatic carbocycles. The summed E-state index contributed by atoms with van der Waals surface area (Å²) >= 11 is 0. The topological polar surface area (TPSA) is 80.0 Å². The summed E-state index contributed by atoms with van der Waals surface area (Å²) in [7, 11) is 1.79. The van der Waals surface area contributed by atoms with E-state index in [1.165, 1.54) is 5.56 Å². The van der Waals surface area contributed by atoms with E-state index in [0.29, 0.717) is 24.8 Å². The average molecular weight is 361 g/mol. The summed E-state index contributed by atoms with van der Waals surface area (Å²) in [4.78, 5) is 17.8. The summed E-state index contributed by atoms with van der Waals surface area (Å²) in [6.45, 7) is 7.48. The third-order valence-electron chi connectivity index (χ3n) is 4.48. The van der Waals surface area contributed by atoms with Crippen LogP contribution in [-0.4, -0.2) is 43.5 Å². The molecule has 1 aliphatic heterocycles. The monoisotopic (exact) mass is 360 g/mol. The summed E-state index contributed by atoms with van der Waals surface area (Å²) in [6, 6.07) is 8.15. The molecule has 0 bridgehead atoms. The Labute approximate surface area is 156 Å². The van der Waals surface area contributed by atoms with Gasteiger partial charge in [-0.25, -0.2) is 0 Å². The maximum atomic E-state index is 11.2. The number of aliphatic imine (C=N–C) groups is 1. The molecule has 1 atom stereocenters. The molecule has 3 N–H and O–H groups in total. The molecule has 6 nitrogen and oxygen atoms in total. The highest BCUT2D eigenvalue weighted by molar-refractivity contribution is 5.80. The molecular weight excluding hydrogens is 328 g/mol. The predicted octanol–water partition coefficient (Wildman–Crippen LogP) is 2.38. The molecule has 1 unspecified atom stereocenters. The van der Waals surface area contributed by atoms with E-state index in [9.17, 15) is 4.79 Å². The smallest absolute Gasteiger partial charge is 0.217 e. The van der Waals surface area contributed by atoms with Crippen LogP contribution >= 0.6 is 0 Å². The molecule has 6 heteroatoms. The highest BCUT2D eigenvalue weighted by Gasteiger charge is 2.23. The third-order valence-corrected chi connectivity index (χ3v) is 4.48. The molecule has 1 amide bonds. The maximum Gasteiger partial charge on any atom is 0.217 e. The van der Waals surface area contributed by atoms with Crippen molar-refractivity contribution in [2.75, 3.05) is 26.7 Å². The number of nitrogens with one attached hydrogen (secondary N) is 1. The van der Waals surface area contributed by atoms with Crippen LogP contribution in [-0.2, 0) is 11.3 Å². The van der Waals surface area contributed by atoms with Crippen LogP contribution in [0.25, 0.3) is 0 Å². The van der Waals surface area contributed by atoms with Crippen molar-refractivity contribution in [1.29, 1.82) is 0 Å². The third kappa shape index (κ3) is 6.58. The van der Waals surface area contributed by atoms with Gasteiger partial charge in [0.2, 0.25) is 5.91 Å². The Morgan fingerprint density at radius 1 is 1.38 bits per heavy atom. The van der Waals surface area contributed by atoms with E-state index in [4.69, 9.17) is 10.5 Å². The van der Waals surface area contributed by atoms with Crippen LogP contribution in [0.4, 0.5) is 0 Å². The normalized spacial score (nSPS) is 18.1. The Morgan fingerprint density at radius 2 is 2.12 bits per heavy atom. The number of likely N-dealkylation sites (tertiary alicyclic amines) is 1. The molecule has 2 rings (SSSR count). The molecule has 1 fully saturated rings. The minimum absolute atomic E-state index is 0.223. The number of carbonyl (C=O) groups excluding carboxylic acids is 1. The summed E-state index contributed by atoms with van der Waals surface area (Å²) < 4.78 is 5.72. The van der Waals surface area contributed by atoms with Crippen LogP contribution < -0.4 is 15.8 Å². The van der Waals surface area contributed by atoms with Crippen molar-refractivity contribution in [1.82, 2.24) is 10.2 Å². The average Bonchev–Trinajstić information content (AvgIpc) is 2.61. The number of nitrogens with zero attached hydrogens (tertiary/aromatic N) is 2. The number of piperidine rings is 1. The molecule has 1 aromatic rings. The van der Waals surface area contributed by atoms with Gasteiger partial charge < -0.3 is 20.7 Å².